The van der Waals surface area contributed by atoms with E-state index in [-0.39, 0.29) is 30.8 Å². The fourth-order valence-corrected chi connectivity index (χ4v) is 5.53. The Bertz CT molecular complexity index is 1600. The van der Waals surface area contributed by atoms with E-state index in [2.05, 4.69) is 10.3 Å². The zero-order valence-corrected chi connectivity index (χ0v) is 22.7. The molecule has 5 rings (SSSR count). The predicted molar refractivity (Wildman–Crippen MR) is 143 cm³/mol. The highest BCUT2D eigenvalue weighted by atomic mass is 19.3. The van der Waals surface area contributed by atoms with Crippen LogP contribution in [0.4, 0.5) is 17.6 Å². The number of alkyl halides is 3. The van der Waals surface area contributed by atoms with E-state index in [0.29, 0.717) is 5.56 Å². The zero-order chi connectivity index (χ0) is 30.2. The van der Waals surface area contributed by atoms with Crippen molar-refractivity contribution in [3.63, 3.8) is 0 Å². The third kappa shape index (κ3) is 5.86. The van der Waals surface area contributed by atoms with Gasteiger partial charge in [0, 0.05) is 43.6 Å². The smallest absolute Gasteiger partial charge is 0.331 e. The molecule has 222 valence electrons. The fourth-order valence-electron chi connectivity index (χ4n) is 5.53. The van der Waals surface area contributed by atoms with Gasteiger partial charge in [0.25, 0.3) is 5.56 Å². The Kier molecular flexibility index (Phi) is 8.02. The van der Waals surface area contributed by atoms with Gasteiger partial charge in [-0.2, -0.15) is 4.39 Å². The molecule has 0 spiro atoms. The first-order chi connectivity index (χ1) is 20.0. The van der Waals surface area contributed by atoms with Crippen molar-refractivity contribution < 1.29 is 27.2 Å². The summed E-state index contributed by atoms with van der Waals surface area (Å²) in [5.41, 5.74) is -0.532. The highest BCUT2D eigenvalue weighted by molar-refractivity contribution is 5.88. The van der Waals surface area contributed by atoms with E-state index in [1.54, 1.807) is 37.3 Å². The lowest BCUT2D eigenvalue weighted by Gasteiger charge is -2.35. The van der Waals surface area contributed by atoms with Crippen molar-refractivity contribution in [3.8, 4) is 0 Å². The normalized spacial score (nSPS) is 20.6. The Balaban J connectivity index is 1.38. The van der Waals surface area contributed by atoms with Crippen molar-refractivity contribution in [2.45, 2.75) is 69.4 Å². The summed E-state index contributed by atoms with van der Waals surface area (Å²) in [6.45, 7) is 0.819. The number of rotatable bonds is 8. The molecule has 42 heavy (non-hydrogen) atoms. The maximum atomic E-state index is 15.0. The van der Waals surface area contributed by atoms with Crippen LogP contribution in [0.1, 0.15) is 55.0 Å². The Labute approximate surface area is 237 Å². The summed E-state index contributed by atoms with van der Waals surface area (Å²) in [5.74, 6) is -5.81. The van der Waals surface area contributed by atoms with E-state index in [1.807, 2.05) is 0 Å². The Morgan fingerprint density at radius 3 is 2.45 bits per heavy atom. The second-order valence-electron chi connectivity index (χ2n) is 10.6. The summed E-state index contributed by atoms with van der Waals surface area (Å²) in [6, 6.07) is 10.3. The number of carbonyl (C=O) groups excluding carboxylic acids is 2. The monoisotopic (exact) mass is 587 g/mol. The van der Waals surface area contributed by atoms with E-state index in [0.717, 1.165) is 20.1 Å². The van der Waals surface area contributed by atoms with Gasteiger partial charge < -0.3 is 10.2 Å². The molecule has 2 fully saturated rings. The Hall–Kier alpha value is -4.29. The molecule has 9 nitrogen and oxygen atoms in total. The van der Waals surface area contributed by atoms with Crippen molar-refractivity contribution in [2.75, 3.05) is 6.54 Å². The maximum Gasteiger partial charge on any atom is 0.331 e. The number of nitrogens with one attached hydrogen (secondary N) is 1. The molecule has 0 bridgehead atoms. The lowest BCUT2D eigenvalue weighted by molar-refractivity contribution is -0.139. The van der Waals surface area contributed by atoms with Gasteiger partial charge >= 0.3 is 5.69 Å². The topological polar surface area (TPSA) is 106 Å². The van der Waals surface area contributed by atoms with Gasteiger partial charge in [0.2, 0.25) is 23.7 Å². The number of hydrogen-bond donors (Lipinski definition) is 1. The molecule has 1 saturated heterocycles. The van der Waals surface area contributed by atoms with E-state index in [1.165, 1.54) is 18.3 Å². The minimum atomic E-state index is -2.83. The summed E-state index contributed by atoms with van der Waals surface area (Å²) >= 11 is 0. The number of benzene rings is 1. The van der Waals surface area contributed by atoms with Crippen LogP contribution in [-0.2, 0) is 22.7 Å². The molecule has 3 heterocycles. The number of aromatic nitrogens is 3. The van der Waals surface area contributed by atoms with Gasteiger partial charge in [-0.15, -0.1) is 0 Å². The van der Waals surface area contributed by atoms with Crippen LogP contribution < -0.4 is 16.6 Å². The average Bonchev–Trinajstić information content (AvgIpc) is 3.34. The van der Waals surface area contributed by atoms with Crippen LogP contribution in [0.25, 0.3) is 0 Å². The molecule has 13 heteroatoms. The maximum absolute atomic E-state index is 15.0. The van der Waals surface area contributed by atoms with E-state index in [9.17, 15) is 32.3 Å². The molecule has 2 amide bonds. The predicted octanol–water partition coefficient (Wildman–Crippen LogP) is 2.92. The second-order valence-corrected chi connectivity index (χ2v) is 10.6. The van der Waals surface area contributed by atoms with Crippen LogP contribution in [0.5, 0.6) is 0 Å². The third-order valence-electron chi connectivity index (χ3n) is 7.78. The molecule has 2 aromatic heterocycles. The van der Waals surface area contributed by atoms with Gasteiger partial charge in [-0.05, 0) is 24.5 Å². The Morgan fingerprint density at radius 1 is 1.10 bits per heavy atom. The molecular formula is C29H29F4N5O4. The van der Waals surface area contributed by atoms with Crippen LogP contribution in [0.3, 0.4) is 0 Å². The number of likely N-dealkylation sites (tertiary alicyclic amines) is 1. The van der Waals surface area contributed by atoms with Crippen molar-refractivity contribution in [1.82, 2.24) is 24.3 Å². The SMILES string of the molecule is CCn1c(=O)ccn(CC(=O)N2CC(F)CC2C(=O)NC(c2ccccc2)c2ccc(C3CC(F)(F)C3)c(F)n2)c1=O. The number of hydrogen-bond acceptors (Lipinski definition) is 5. The lowest BCUT2D eigenvalue weighted by Crippen LogP contribution is -2.49. The molecule has 1 N–H and O–H groups in total. The van der Waals surface area contributed by atoms with Crippen LogP contribution in [0.15, 0.2) is 64.3 Å². The summed E-state index contributed by atoms with van der Waals surface area (Å²) in [4.78, 5) is 56.2. The number of nitrogens with zero attached hydrogens (tertiary/aromatic N) is 4. The minimum absolute atomic E-state index is 0.0697. The van der Waals surface area contributed by atoms with Crippen LogP contribution >= 0.6 is 0 Å². The standard InChI is InChI=1S/C29H29F4N5O4/c1-2-37-23(39)10-11-36(28(37)42)16-24(40)38-15-19(30)12-22(38)27(41)35-25(17-6-4-3-5-7-17)21-9-8-20(26(31)34-21)18-13-29(32,33)14-18/h3-11,18-19,22,25H,2,12-16H2,1H3,(H,35,41). The molecule has 1 saturated carbocycles. The van der Waals surface area contributed by atoms with Crippen molar-refractivity contribution in [2.24, 2.45) is 0 Å². The van der Waals surface area contributed by atoms with Gasteiger partial charge in [-0.3, -0.25) is 23.5 Å². The lowest BCUT2D eigenvalue weighted by atomic mass is 9.77. The third-order valence-corrected chi connectivity index (χ3v) is 7.78. The highest BCUT2D eigenvalue weighted by Crippen LogP contribution is 2.48. The quantitative estimate of drug-likeness (QED) is 0.322. The summed E-state index contributed by atoms with van der Waals surface area (Å²) in [5, 5.41) is 2.75. The van der Waals surface area contributed by atoms with Gasteiger partial charge in [0.05, 0.1) is 18.3 Å². The highest BCUT2D eigenvalue weighted by Gasteiger charge is 2.47. The number of amides is 2. The van der Waals surface area contributed by atoms with Crippen LogP contribution in [0.2, 0.25) is 0 Å². The zero-order valence-electron chi connectivity index (χ0n) is 22.7. The van der Waals surface area contributed by atoms with Crippen LogP contribution in [-0.4, -0.2) is 55.5 Å². The van der Waals surface area contributed by atoms with Crippen molar-refractivity contribution >= 4 is 11.8 Å². The van der Waals surface area contributed by atoms with Gasteiger partial charge in [0.1, 0.15) is 18.8 Å². The Morgan fingerprint density at radius 2 is 1.81 bits per heavy atom. The van der Waals surface area contributed by atoms with Gasteiger partial charge in [0.15, 0.2) is 0 Å². The molecule has 2 aliphatic rings. The molecule has 3 aromatic rings. The summed E-state index contributed by atoms with van der Waals surface area (Å²) in [7, 11) is 0. The summed E-state index contributed by atoms with van der Waals surface area (Å²) < 4.78 is 58.3. The van der Waals surface area contributed by atoms with Crippen molar-refractivity contribution in [1.29, 1.82) is 0 Å². The molecule has 1 aliphatic heterocycles. The van der Waals surface area contributed by atoms with E-state index < -0.39 is 78.5 Å². The van der Waals surface area contributed by atoms with Gasteiger partial charge in [-0.25, -0.2) is 22.9 Å². The second kappa shape index (κ2) is 11.5. The van der Waals surface area contributed by atoms with Crippen molar-refractivity contribution in [3.05, 3.63) is 98.3 Å². The fraction of sp³-hybridized carbons (Fsp3) is 0.414. The molecule has 1 aromatic carbocycles. The van der Waals surface area contributed by atoms with Crippen LogP contribution in [0, 0.1) is 5.95 Å². The van der Waals surface area contributed by atoms with Gasteiger partial charge in [-0.1, -0.05) is 36.4 Å². The summed E-state index contributed by atoms with van der Waals surface area (Å²) in [6.07, 6.45) is -1.56. The molecule has 3 atom stereocenters. The average molecular weight is 588 g/mol. The van der Waals surface area contributed by atoms with E-state index >= 15 is 4.39 Å². The number of halogens is 4. The molecule has 1 aliphatic carbocycles. The minimum Gasteiger partial charge on any atom is -0.342 e. The largest absolute Gasteiger partial charge is 0.342 e. The first kappa shape index (κ1) is 29.2. The van der Waals surface area contributed by atoms with E-state index in [4.69, 9.17) is 0 Å². The first-order valence-electron chi connectivity index (χ1n) is 13.6. The molecular weight excluding hydrogens is 558 g/mol. The number of carbonyl (C=O) groups is 2. The first-order valence-corrected chi connectivity index (χ1v) is 13.6. The number of pyridine rings is 1. The molecule has 3 unspecified atom stereocenters. The molecule has 0 radical (unpaired) electrons.